The van der Waals surface area contributed by atoms with Gasteiger partial charge in [0.05, 0.1) is 31.7 Å². The first-order chi connectivity index (χ1) is 13.1. The maximum Gasteiger partial charge on any atom is 0.314 e. The Balaban J connectivity index is 1.97. The molecule has 0 saturated heterocycles. The van der Waals surface area contributed by atoms with Crippen LogP contribution in [0.4, 0.5) is 4.39 Å². The summed E-state index contributed by atoms with van der Waals surface area (Å²) in [5.41, 5.74) is -2.07. The Morgan fingerprint density at radius 3 is 2.46 bits per heavy atom. The third-order valence-electron chi connectivity index (χ3n) is 9.17. The smallest absolute Gasteiger partial charge is 0.314 e. The summed E-state index contributed by atoms with van der Waals surface area (Å²) in [6.07, 6.45) is 1.07. The van der Waals surface area contributed by atoms with Crippen molar-refractivity contribution in [3.8, 4) is 0 Å². The number of carbonyl (C=O) groups is 2. The first kappa shape index (κ1) is 19.9. The Bertz CT molecular complexity index is 736. The van der Waals surface area contributed by atoms with Gasteiger partial charge in [-0.1, -0.05) is 13.5 Å². The predicted octanol–water partition coefficient (Wildman–Crippen LogP) is 3.06. The fourth-order valence-electron chi connectivity index (χ4n) is 8.09. The second-order valence-corrected chi connectivity index (χ2v) is 9.89. The first-order valence-electron chi connectivity index (χ1n) is 10.3. The maximum atomic E-state index is 15.9. The Morgan fingerprint density at radius 2 is 1.86 bits per heavy atom. The van der Waals surface area contributed by atoms with Gasteiger partial charge in [-0.3, -0.25) is 9.59 Å². The van der Waals surface area contributed by atoms with Crippen molar-refractivity contribution in [2.75, 3.05) is 14.2 Å². The fourth-order valence-corrected chi connectivity index (χ4v) is 8.09. The molecule has 0 aliphatic heterocycles. The normalized spacial score (nSPS) is 52.0. The minimum atomic E-state index is -1.30. The molecular formula is C22H31FO5. The molecule has 0 unspecified atom stereocenters. The number of aliphatic hydroxyl groups excluding tert-OH is 1. The van der Waals surface area contributed by atoms with Crippen molar-refractivity contribution in [1.82, 2.24) is 0 Å². The number of carbonyl (C=O) groups excluding carboxylic acids is 2. The van der Waals surface area contributed by atoms with E-state index in [0.717, 1.165) is 12.8 Å². The van der Waals surface area contributed by atoms with Crippen LogP contribution in [0.2, 0.25) is 0 Å². The third kappa shape index (κ3) is 2.00. The third-order valence-corrected chi connectivity index (χ3v) is 9.17. The molecule has 4 saturated carbocycles. The van der Waals surface area contributed by atoms with E-state index in [4.69, 9.17) is 9.47 Å². The van der Waals surface area contributed by atoms with Crippen LogP contribution in [-0.2, 0) is 19.1 Å². The Kier molecular flexibility index (Phi) is 4.28. The van der Waals surface area contributed by atoms with E-state index in [0.29, 0.717) is 24.8 Å². The van der Waals surface area contributed by atoms with E-state index >= 15 is 4.39 Å². The van der Waals surface area contributed by atoms with Gasteiger partial charge in [0.2, 0.25) is 0 Å². The highest BCUT2D eigenvalue weighted by atomic mass is 19.1. The van der Waals surface area contributed by atoms with Gasteiger partial charge in [-0.2, -0.15) is 0 Å². The number of rotatable bonds is 2. The molecule has 0 aromatic carbocycles. The molecule has 0 heterocycles. The van der Waals surface area contributed by atoms with Crippen LogP contribution in [0.15, 0.2) is 12.2 Å². The van der Waals surface area contributed by atoms with Crippen LogP contribution in [0.3, 0.4) is 0 Å². The summed E-state index contributed by atoms with van der Waals surface area (Å²) in [4.78, 5) is 26.1. The molecular weight excluding hydrogens is 363 g/mol. The molecule has 0 aromatic heterocycles. The van der Waals surface area contributed by atoms with E-state index in [2.05, 4.69) is 13.5 Å². The molecule has 4 aliphatic rings. The minimum Gasteiger partial charge on any atom is -0.469 e. The highest BCUT2D eigenvalue weighted by Crippen LogP contribution is 2.78. The van der Waals surface area contributed by atoms with Crippen molar-refractivity contribution < 1.29 is 28.6 Å². The van der Waals surface area contributed by atoms with Gasteiger partial charge in [-0.15, -0.1) is 0 Å². The average Bonchev–Trinajstić information content (AvgIpc) is 3.05. The lowest BCUT2D eigenvalue weighted by Crippen LogP contribution is -2.57. The molecule has 0 amide bonds. The predicted molar refractivity (Wildman–Crippen MR) is 99.8 cm³/mol. The van der Waals surface area contributed by atoms with Gasteiger partial charge in [0, 0.05) is 5.41 Å². The van der Waals surface area contributed by atoms with Crippen LogP contribution >= 0.6 is 0 Å². The summed E-state index contributed by atoms with van der Waals surface area (Å²) in [5.74, 6) is -2.36. The number of allylic oxidation sites excluding steroid dienone is 1. The molecule has 4 fully saturated rings. The lowest BCUT2D eigenvalue weighted by molar-refractivity contribution is -0.185. The second-order valence-electron chi connectivity index (χ2n) is 9.89. The summed E-state index contributed by atoms with van der Waals surface area (Å²) >= 11 is 0. The highest BCUT2D eigenvalue weighted by Gasteiger charge is 2.79. The summed E-state index contributed by atoms with van der Waals surface area (Å²) in [6, 6.07) is 0. The van der Waals surface area contributed by atoms with E-state index in [1.807, 2.05) is 0 Å². The Morgan fingerprint density at radius 1 is 1.18 bits per heavy atom. The van der Waals surface area contributed by atoms with Crippen LogP contribution in [0.5, 0.6) is 0 Å². The molecule has 4 rings (SSSR count). The van der Waals surface area contributed by atoms with Gasteiger partial charge in [-0.05, 0) is 67.8 Å². The summed E-state index contributed by atoms with van der Waals surface area (Å²) in [6.45, 7) is 7.79. The van der Waals surface area contributed by atoms with Crippen molar-refractivity contribution in [2.45, 2.75) is 58.2 Å². The van der Waals surface area contributed by atoms with Gasteiger partial charge >= 0.3 is 11.9 Å². The molecule has 156 valence electrons. The topological polar surface area (TPSA) is 72.8 Å². The first-order valence-corrected chi connectivity index (χ1v) is 10.3. The average molecular weight is 394 g/mol. The van der Waals surface area contributed by atoms with Gasteiger partial charge < -0.3 is 14.6 Å². The zero-order chi connectivity index (χ0) is 20.6. The Hall–Kier alpha value is -1.43. The second kappa shape index (κ2) is 6.04. The summed E-state index contributed by atoms with van der Waals surface area (Å²) < 4.78 is 26.2. The van der Waals surface area contributed by atoms with E-state index in [-0.39, 0.29) is 11.8 Å². The van der Waals surface area contributed by atoms with Crippen LogP contribution in [0, 0.1) is 39.9 Å². The van der Waals surface area contributed by atoms with E-state index in [1.165, 1.54) is 14.2 Å². The monoisotopic (exact) mass is 394 g/mol. The fraction of sp³-hybridized carbons (Fsp3) is 0.818. The standard InChI is InChI=1S/C22H31FO5/c1-11-12-6-7-13-20(2)9-8-14(24)21(3,19(26)28-5)16(20)15(18(25)27-4)22(13,10-12)17(11)23/h12-17,24H,1,6-10H2,2-5H3/t12-,13+,14+,15-,16+,17+,20+,21-,22-/m1/s1. The molecule has 0 aromatic rings. The molecule has 1 spiro atoms. The van der Waals surface area contributed by atoms with Crippen molar-refractivity contribution >= 4 is 11.9 Å². The molecule has 5 nitrogen and oxygen atoms in total. The van der Waals surface area contributed by atoms with Crippen LogP contribution in [-0.4, -0.2) is 43.5 Å². The minimum absolute atomic E-state index is 0.0592. The number of fused-ring (bicyclic) bond motifs is 3. The number of hydrogen-bond acceptors (Lipinski definition) is 5. The van der Waals surface area contributed by atoms with Crippen molar-refractivity contribution in [3.05, 3.63) is 12.2 Å². The quantitative estimate of drug-likeness (QED) is 0.576. The number of methoxy groups -OCH3 is 2. The highest BCUT2D eigenvalue weighted by molar-refractivity contribution is 5.82. The SMILES string of the molecule is C=C1[C@@H]2CC[C@H]3[C@]4(C)CC[C@H](O)[C@@](C)(C(=O)OC)[C@H]4[C@H](C(=O)OC)[C@]3(C2)[C@H]1F. The number of ether oxygens (including phenoxy) is 2. The van der Waals surface area contributed by atoms with Crippen molar-refractivity contribution in [3.63, 3.8) is 0 Å². The van der Waals surface area contributed by atoms with Crippen LogP contribution < -0.4 is 0 Å². The molecule has 2 bridgehead atoms. The zero-order valence-corrected chi connectivity index (χ0v) is 17.2. The zero-order valence-electron chi connectivity index (χ0n) is 17.2. The van der Waals surface area contributed by atoms with Gasteiger partial charge in [0.1, 0.15) is 6.17 Å². The van der Waals surface area contributed by atoms with Crippen LogP contribution in [0.1, 0.15) is 46.0 Å². The van der Waals surface area contributed by atoms with E-state index in [1.54, 1.807) is 6.92 Å². The molecule has 4 aliphatic carbocycles. The van der Waals surface area contributed by atoms with Crippen LogP contribution in [0.25, 0.3) is 0 Å². The molecule has 28 heavy (non-hydrogen) atoms. The molecule has 1 N–H and O–H groups in total. The Labute approximate surface area is 165 Å². The molecule has 6 heteroatoms. The summed E-state index contributed by atoms with van der Waals surface area (Å²) in [5, 5.41) is 10.9. The molecule has 9 atom stereocenters. The van der Waals surface area contributed by atoms with Crippen molar-refractivity contribution in [1.29, 1.82) is 0 Å². The maximum absolute atomic E-state index is 15.9. The van der Waals surface area contributed by atoms with Gasteiger partial charge in [-0.25, -0.2) is 4.39 Å². The molecule has 0 radical (unpaired) electrons. The summed E-state index contributed by atoms with van der Waals surface area (Å²) in [7, 11) is 2.61. The van der Waals surface area contributed by atoms with E-state index in [9.17, 15) is 14.7 Å². The number of alkyl halides is 1. The lowest BCUT2D eigenvalue weighted by atomic mass is 9.52. The number of aliphatic hydroxyl groups is 1. The van der Waals surface area contributed by atoms with E-state index < -0.39 is 52.3 Å². The largest absolute Gasteiger partial charge is 0.469 e. The lowest BCUT2D eigenvalue weighted by Gasteiger charge is -2.52. The number of esters is 2. The van der Waals surface area contributed by atoms with Gasteiger partial charge in [0.25, 0.3) is 0 Å². The van der Waals surface area contributed by atoms with Crippen molar-refractivity contribution in [2.24, 2.45) is 39.9 Å². The number of halogens is 1. The van der Waals surface area contributed by atoms with Gasteiger partial charge in [0.15, 0.2) is 0 Å². The number of hydrogen-bond donors (Lipinski definition) is 1.